The minimum Gasteiger partial charge on any atom is -0.493 e. The van der Waals surface area contributed by atoms with E-state index < -0.39 is 10.0 Å². The molecule has 0 bridgehead atoms. The Morgan fingerprint density at radius 1 is 1.29 bits per heavy atom. The van der Waals surface area contributed by atoms with Gasteiger partial charge in [-0.15, -0.1) is 0 Å². The summed E-state index contributed by atoms with van der Waals surface area (Å²) >= 11 is 3.38. The van der Waals surface area contributed by atoms with Gasteiger partial charge in [-0.2, -0.15) is 4.31 Å². The third-order valence-electron chi connectivity index (χ3n) is 3.68. The van der Waals surface area contributed by atoms with Gasteiger partial charge in [-0.25, -0.2) is 8.42 Å². The highest BCUT2D eigenvalue weighted by molar-refractivity contribution is 9.10. The molecule has 6 heteroatoms. The van der Waals surface area contributed by atoms with Gasteiger partial charge in [-0.3, -0.25) is 0 Å². The van der Waals surface area contributed by atoms with Gasteiger partial charge in [0.15, 0.2) is 0 Å². The van der Waals surface area contributed by atoms with Gasteiger partial charge in [0.05, 0.1) is 16.0 Å². The Morgan fingerprint density at radius 2 is 1.90 bits per heavy atom. The van der Waals surface area contributed by atoms with Gasteiger partial charge < -0.3 is 4.74 Å². The summed E-state index contributed by atoms with van der Waals surface area (Å²) in [7, 11) is -3.45. The molecule has 21 heavy (non-hydrogen) atoms. The topological polar surface area (TPSA) is 46.6 Å². The van der Waals surface area contributed by atoms with Crippen molar-refractivity contribution in [2.45, 2.75) is 32.1 Å². The molecule has 1 aliphatic heterocycles. The van der Waals surface area contributed by atoms with Crippen molar-refractivity contribution in [3.05, 3.63) is 22.7 Å². The van der Waals surface area contributed by atoms with Crippen LogP contribution in [0.3, 0.4) is 0 Å². The Morgan fingerprint density at radius 3 is 2.48 bits per heavy atom. The lowest BCUT2D eigenvalue weighted by molar-refractivity contribution is 0.222. The maximum atomic E-state index is 12.8. The van der Waals surface area contributed by atoms with Crippen molar-refractivity contribution in [2.24, 2.45) is 11.8 Å². The van der Waals surface area contributed by atoms with Gasteiger partial charge >= 0.3 is 0 Å². The van der Waals surface area contributed by atoms with Crippen LogP contribution in [0.2, 0.25) is 0 Å². The Labute approximate surface area is 135 Å². The summed E-state index contributed by atoms with van der Waals surface area (Å²) in [6.45, 7) is 7.76. The molecule has 0 aromatic heterocycles. The monoisotopic (exact) mass is 375 g/mol. The van der Waals surface area contributed by atoms with Crippen molar-refractivity contribution in [1.82, 2.24) is 4.31 Å². The molecule has 4 nitrogen and oxygen atoms in total. The fraction of sp³-hybridized carbons (Fsp3) is 0.600. The number of benzene rings is 1. The summed E-state index contributed by atoms with van der Waals surface area (Å²) in [6, 6.07) is 4.97. The normalized spacial score (nSPS) is 24.0. The second-order valence-electron chi connectivity index (χ2n) is 5.79. The molecular formula is C15H22BrNO3S. The fourth-order valence-corrected chi connectivity index (χ4v) is 4.92. The molecule has 1 saturated heterocycles. The Hall–Kier alpha value is -0.590. The van der Waals surface area contributed by atoms with Crippen LogP contribution < -0.4 is 4.74 Å². The first-order chi connectivity index (χ1) is 9.84. The smallest absolute Gasteiger partial charge is 0.243 e. The summed E-state index contributed by atoms with van der Waals surface area (Å²) in [4.78, 5) is 0.301. The number of sulfonamides is 1. The second kappa shape index (κ2) is 6.67. The quantitative estimate of drug-likeness (QED) is 0.808. The van der Waals surface area contributed by atoms with Gasteiger partial charge in [-0.05, 0) is 53.2 Å². The van der Waals surface area contributed by atoms with Crippen LogP contribution in [0.15, 0.2) is 27.6 Å². The van der Waals surface area contributed by atoms with Crippen LogP contribution in [-0.4, -0.2) is 32.4 Å². The van der Waals surface area contributed by atoms with Gasteiger partial charge in [0, 0.05) is 19.2 Å². The van der Waals surface area contributed by atoms with E-state index in [1.165, 1.54) is 0 Å². The van der Waals surface area contributed by atoms with Crippen molar-refractivity contribution < 1.29 is 13.2 Å². The van der Waals surface area contributed by atoms with Gasteiger partial charge in [-0.1, -0.05) is 13.8 Å². The van der Waals surface area contributed by atoms with Crippen LogP contribution in [0.5, 0.6) is 5.75 Å². The number of halogens is 1. The summed E-state index contributed by atoms with van der Waals surface area (Å²) < 4.78 is 33.4. The van der Waals surface area contributed by atoms with Crippen LogP contribution in [0.4, 0.5) is 0 Å². The van der Waals surface area contributed by atoms with Crippen LogP contribution in [-0.2, 0) is 10.0 Å². The van der Waals surface area contributed by atoms with Crippen molar-refractivity contribution in [2.75, 3.05) is 19.7 Å². The number of piperidine rings is 1. The van der Waals surface area contributed by atoms with E-state index >= 15 is 0 Å². The Kier molecular flexibility index (Phi) is 5.33. The zero-order valence-electron chi connectivity index (χ0n) is 12.7. The zero-order valence-corrected chi connectivity index (χ0v) is 15.1. The van der Waals surface area contributed by atoms with Gasteiger partial charge in [0.2, 0.25) is 10.0 Å². The highest BCUT2D eigenvalue weighted by Gasteiger charge is 2.32. The second-order valence-corrected chi connectivity index (χ2v) is 8.59. The number of hydrogen-bond acceptors (Lipinski definition) is 3. The fourth-order valence-electron chi connectivity index (χ4n) is 2.86. The van der Waals surface area contributed by atoms with Gasteiger partial charge in [0.1, 0.15) is 5.75 Å². The minimum atomic E-state index is -3.45. The number of rotatable bonds is 4. The molecule has 1 fully saturated rings. The molecular weight excluding hydrogens is 354 g/mol. The van der Waals surface area contributed by atoms with Crippen LogP contribution in [0.1, 0.15) is 27.2 Å². The SMILES string of the molecule is CCOc1cc(S(=O)(=O)N2C[C@@H](C)C[C@H](C)C2)ccc1Br. The molecule has 1 aliphatic rings. The Bertz CT molecular complexity index is 593. The minimum absolute atomic E-state index is 0.301. The molecule has 0 unspecified atom stereocenters. The molecule has 118 valence electrons. The van der Waals surface area contributed by atoms with E-state index in [-0.39, 0.29) is 0 Å². The highest BCUT2D eigenvalue weighted by Crippen LogP contribution is 2.31. The first kappa shape index (κ1) is 16.8. The third kappa shape index (κ3) is 3.79. The lowest BCUT2D eigenvalue weighted by Crippen LogP contribution is -2.42. The van der Waals surface area contributed by atoms with E-state index in [9.17, 15) is 8.42 Å². The molecule has 2 atom stereocenters. The third-order valence-corrected chi connectivity index (χ3v) is 6.16. The van der Waals surface area contributed by atoms with E-state index in [1.54, 1.807) is 22.5 Å². The van der Waals surface area contributed by atoms with E-state index in [2.05, 4.69) is 29.8 Å². The predicted octanol–water partition coefficient (Wildman–Crippen LogP) is 3.51. The molecule has 1 heterocycles. The molecule has 1 aromatic carbocycles. The number of ether oxygens (including phenoxy) is 1. The summed E-state index contributed by atoms with van der Waals surface area (Å²) in [6.07, 6.45) is 1.08. The van der Waals surface area contributed by atoms with Crippen molar-refractivity contribution in [1.29, 1.82) is 0 Å². The summed E-state index contributed by atoms with van der Waals surface area (Å²) in [5.74, 6) is 1.35. The summed E-state index contributed by atoms with van der Waals surface area (Å²) in [5.41, 5.74) is 0. The van der Waals surface area contributed by atoms with E-state index in [0.717, 1.165) is 10.9 Å². The molecule has 1 aromatic rings. The molecule has 0 N–H and O–H groups in total. The molecule has 0 spiro atoms. The first-order valence-corrected chi connectivity index (χ1v) is 9.50. The van der Waals surface area contributed by atoms with E-state index in [0.29, 0.717) is 42.2 Å². The van der Waals surface area contributed by atoms with Crippen LogP contribution >= 0.6 is 15.9 Å². The standard InChI is InChI=1S/C15H22BrNO3S/c1-4-20-15-8-13(5-6-14(15)16)21(18,19)17-9-11(2)7-12(3)10-17/h5-6,8,11-12H,4,7,9-10H2,1-3H3/t11-,12-/m0/s1. The highest BCUT2D eigenvalue weighted by atomic mass is 79.9. The predicted molar refractivity (Wildman–Crippen MR) is 87.0 cm³/mol. The number of hydrogen-bond donors (Lipinski definition) is 0. The zero-order chi connectivity index (χ0) is 15.6. The molecule has 2 rings (SSSR count). The average molecular weight is 376 g/mol. The average Bonchev–Trinajstić information content (AvgIpc) is 2.40. The maximum absolute atomic E-state index is 12.8. The Balaban J connectivity index is 2.33. The number of nitrogens with zero attached hydrogens (tertiary/aromatic N) is 1. The molecule has 0 amide bonds. The summed E-state index contributed by atoms with van der Waals surface area (Å²) in [5, 5.41) is 0. The maximum Gasteiger partial charge on any atom is 0.243 e. The first-order valence-electron chi connectivity index (χ1n) is 7.27. The van der Waals surface area contributed by atoms with Gasteiger partial charge in [0.25, 0.3) is 0 Å². The van der Waals surface area contributed by atoms with Crippen molar-refractivity contribution in [3.63, 3.8) is 0 Å². The lowest BCUT2D eigenvalue weighted by Gasteiger charge is -2.34. The van der Waals surface area contributed by atoms with E-state index in [1.807, 2.05) is 6.92 Å². The molecule has 0 saturated carbocycles. The van der Waals surface area contributed by atoms with Crippen LogP contribution in [0.25, 0.3) is 0 Å². The van der Waals surface area contributed by atoms with E-state index in [4.69, 9.17) is 4.74 Å². The lowest BCUT2D eigenvalue weighted by atomic mass is 9.94. The molecule has 0 radical (unpaired) electrons. The largest absolute Gasteiger partial charge is 0.493 e. The molecule has 0 aliphatic carbocycles. The van der Waals surface area contributed by atoms with Crippen molar-refractivity contribution in [3.8, 4) is 5.75 Å². The van der Waals surface area contributed by atoms with Crippen LogP contribution in [0, 0.1) is 11.8 Å². The van der Waals surface area contributed by atoms with Crippen molar-refractivity contribution >= 4 is 26.0 Å².